The zero-order chi connectivity index (χ0) is 22.4. The van der Waals surface area contributed by atoms with Gasteiger partial charge in [0.05, 0.1) is 24.5 Å². The van der Waals surface area contributed by atoms with Crippen molar-refractivity contribution in [3.63, 3.8) is 0 Å². The third kappa shape index (κ3) is 3.60. The molecule has 2 saturated carbocycles. The molecule has 6 nitrogen and oxygen atoms in total. The number of ether oxygens (including phenoxy) is 1. The number of allylic oxidation sites excluding steroid dienone is 2. The Hall–Kier alpha value is -2.15. The Morgan fingerprint density at radius 3 is 2.39 bits per heavy atom. The smallest absolute Gasteiger partial charge is 0.341 e. The summed E-state index contributed by atoms with van der Waals surface area (Å²) in [5.41, 5.74) is 3.73. The van der Waals surface area contributed by atoms with Crippen molar-refractivity contribution in [1.82, 2.24) is 0 Å². The average Bonchev–Trinajstić information content (AvgIpc) is 3.41. The fourth-order valence-electron chi connectivity index (χ4n) is 6.21. The lowest BCUT2D eigenvalue weighted by Crippen LogP contribution is -2.38. The van der Waals surface area contributed by atoms with E-state index in [0.717, 1.165) is 60.1 Å². The lowest BCUT2D eigenvalue weighted by Gasteiger charge is -2.26. The van der Waals surface area contributed by atoms with Gasteiger partial charge in [0.15, 0.2) is 0 Å². The number of carboxylic acid groups (broad SMARTS) is 1. The number of thiophene rings is 1. The van der Waals surface area contributed by atoms with Crippen LogP contribution in [-0.4, -0.2) is 30.1 Å². The number of carbonyl (C=O) groups is 3. The molecule has 5 atom stereocenters. The van der Waals surface area contributed by atoms with Crippen LogP contribution in [0.4, 0.5) is 5.00 Å². The first-order valence-electron chi connectivity index (χ1n) is 11.2. The summed E-state index contributed by atoms with van der Waals surface area (Å²) in [7, 11) is 1.35. The molecule has 4 rings (SSSR count). The first-order chi connectivity index (χ1) is 14.8. The fraction of sp³-hybridized carbons (Fsp3) is 0.625. The molecule has 168 valence electrons. The number of carbonyl (C=O) groups excluding carboxylic acids is 2. The van der Waals surface area contributed by atoms with Crippen molar-refractivity contribution >= 4 is 34.2 Å². The van der Waals surface area contributed by atoms with E-state index in [-0.39, 0.29) is 17.7 Å². The second kappa shape index (κ2) is 8.41. The molecule has 1 aromatic heterocycles. The highest BCUT2D eigenvalue weighted by Gasteiger charge is 2.57. The van der Waals surface area contributed by atoms with Gasteiger partial charge in [-0.15, -0.1) is 11.3 Å². The van der Waals surface area contributed by atoms with Crippen LogP contribution in [0.5, 0.6) is 0 Å². The second-order valence-electron chi connectivity index (χ2n) is 9.34. The van der Waals surface area contributed by atoms with E-state index in [1.807, 2.05) is 13.8 Å². The van der Waals surface area contributed by atoms with Gasteiger partial charge in [0.25, 0.3) is 0 Å². The minimum absolute atomic E-state index is 0.0308. The number of hydrogen-bond acceptors (Lipinski definition) is 5. The number of anilines is 1. The fourth-order valence-corrected chi connectivity index (χ4v) is 7.56. The molecule has 7 heteroatoms. The molecular formula is C24H31NO5S. The standard InChI is InChI=1S/C24H31NO5S/c1-5-12-6-7-13-16(10-12)31-22(20(13)24(29)30-4)25-21(26)18-14-8-9-15(17(14)11(2)3)19(18)23(27)28/h12,14-15,18-19H,5-10H2,1-4H3,(H,25,26)(H,27,28)/t12-,14+,15+,18-,19+/m1/s1. The normalized spacial score (nSPS) is 28.9. The second-order valence-corrected chi connectivity index (χ2v) is 10.4. The summed E-state index contributed by atoms with van der Waals surface area (Å²) in [4.78, 5) is 39.3. The highest BCUT2D eigenvalue weighted by Crippen LogP contribution is 2.57. The van der Waals surface area contributed by atoms with Crippen LogP contribution < -0.4 is 5.32 Å². The van der Waals surface area contributed by atoms with Gasteiger partial charge in [0.2, 0.25) is 5.91 Å². The third-order valence-electron chi connectivity index (χ3n) is 7.58. The van der Waals surface area contributed by atoms with Gasteiger partial charge in [-0.1, -0.05) is 24.5 Å². The molecule has 3 aliphatic carbocycles. The van der Waals surface area contributed by atoms with E-state index >= 15 is 0 Å². The molecule has 0 radical (unpaired) electrons. The van der Waals surface area contributed by atoms with E-state index in [0.29, 0.717) is 16.5 Å². The van der Waals surface area contributed by atoms with Gasteiger partial charge in [-0.05, 0) is 69.3 Å². The molecule has 2 fully saturated rings. The number of nitrogens with one attached hydrogen (secondary N) is 1. The molecule has 3 aliphatic rings. The van der Waals surface area contributed by atoms with Crippen LogP contribution in [0.15, 0.2) is 11.1 Å². The van der Waals surface area contributed by atoms with Crippen molar-refractivity contribution in [3.05, 3.63) is 27.2 Å². The molecule has 0 unspecified atom stereocenters. The van der Waals surface area contributed by atoms with Crippen LogP contribution in [0, 0.1) is 29.6 Å². The summed E-state index contributed by atoms with van der Waals surface area (Å²) in [6, 6.07) is 0. The first-order valence-corrected chi connectivity index (χ1v) is 12.0. The van der Waals surface area contributed by atoms with Crippen molar-refractivity contribution in [2.45, 2.75) is 59.3 Å². The Balaban J connectivity index is 1.67. The maximum absolute atomic E-state index is 13.4. The number of hydrogen-bond donors (Lipinski definition) is 2. The number of esters is 1. The topological polar surface area (TPSA) is 92.7 Å². The Bertz CT molecular complexity index is 957. The van der Waals surface area contributed by atoms with Gasteiger partial charge in [-0.25, -0.2) is 4.79 Å². The van der Waals surface area contributed by atoms with E-state index in [1.165, 1.54) is 18.4 Å². The predicted molar refractivity (Wildman–Crippen MR) is 119 cm³/mol. The number of fused-ring (bicyclic) bond motifs is 3. The predicted octanol–water partition coefficient (Wildman–Crippen LogP) is 4.68. The molecule has 0 aromatic carbocycles. The van der Waals surface area contributed by atoms with E-state index in [1.54, 1.807) is 0 Å². The lowest BCUT2D eigenvalue weighted by atomic mass is 9.78. The molecule has 0 saturated heterocycles. The summed E-state index contributed by atoms with van der Waals surface area (Å²) in [6.07, 6.45) is 5.49. The van der Waals surface area contributed by atoms with Crippen molar-refractivity contribution in [3.8, 4) is 0 Å². The van der Waals surface area contributed by atoms with E-state index in [9.17, 15) is 19.5 Å². The van der Waals surface area contributed by atoms with Crippen LogP contribution >= 0.6 is 11.3 Å². The molecular weight excluding hydrogens is 414 g/mol. The highest BCUT2D eigenvalue weighted by atomic mass is 32.1. The molecule has 1 heterocycles. The van der Waals surface area contributed by atoms with Crippen molar-refractivity contribution in [2.75, 3.05) is 12.4 Å². The summed E-state index contributed by atoms with van der Waals surface area (Å²) < 4.78 is 5.03. The van der Waals surface area contributed by atoms with Crippen molar-refractivity contribution in [2.24, 2.45) is 29.6 Å². The molecule has 2 bridgehead atoms. The van der Waals surface area contributed by atoms with E-state index in [2.05, 4.69) is 12.2 Å². The molecule has 31 heavy (non-hydrogen) atoms. The molecule has 1 aromatic rings. The van der Waals surface area contributed by atoms with Crippen LogP contribution in [0.25, 0.3) is 0 Å². The Kier molecular flexibility index (Phi) is 5.99. The average molecular weight is 446 g/mol. The lowest BCUT2D eigenvalue weighted by molar-refractivity contribution is -0.148. The number of carboxylic acids is 1. The summed E-state index contributed by atoms with van der Waals surface area (Å²) in [6.45, 7) is 6.19. The number of methoxy groups -OCH3 is 1. The highest BCUT2D eigenvalue weighted by molar-refractivity contribution is 7.17. The summed E-state index contributed by atoms with van der Waals surface area (Å²) in [5.74, 6) is -2.44. The van der Waals surface area contributed by atoms with Gasteiger partial charge in [0, 0.05) is 4.88 Å². The maximum atomic E-state index is 13.4. The zero-order valence-corrected chi connectivity index (χ0v) is 19.4. The first kappa shape index (κ1) is 22.1. The van der Waals surface area contributed by atoms with Crippen molar-refractivity contribution in [1.29, 1.82) is 0 Å². The minimum atomic E-state index is -0.907. The Labute approximate surface area is 187 Å². The zero-order valence-electron chi connectivity index (χ0n) is 18.6. The Morgan fingerprint density at radius 2 is 1.81 bits per heavy atom. The van der Waals surface area contributed by atoms with Gasteiger partial charge >= 0.3 is 11.9 Å². The summed E-state index contributed by atoms with van der Waals surface area (Å²) >= 11 is 1.46. The number of amides is 1. The van der Waals surface area contributed by atoms with Gasteiger partial charge < -0.3 is 15.2 Å². The molecule has 2 N–H and O–H groups in total. The molecule has 0 aliphatic heterocycles. The van der Waals surface area contributed by atoms with Gasteiger partial charge in [0.1, 0.15) is 5.00 Å². The van der Waals surface area contributed by atoms with Crippen LogP contribution in [0.2, 0.25) is 0 Å². The van der Waals surface area contributed by atoms with Crippen LogP contribution in [0.3, 0.4) is 0 Å². The Morgan fingerprint density at radius 1 is 1.13 bits per heavy atom. The van der Waals surface area contributed by atoms with Crippen molar-refractivity contribution < 1.29 is 24.2 Å². The molecule has 1 amide bonds. The quantitative estimate of drug-likeness (QED) is 0.507. The van der Waals surface area contributed by atoms with Gasteiger partial charge in [-0.3, -0.25) is 9.59 Å². The molecule has 0 spiro atoms. The van der Waals surface area contributed by atoms with E-state index < -0.39 is 23.8 Å². The van der Waals surface area contributed by atoms with Crippen LogP contribution in [0.1, 0.15) is 67.3 Å². The van der Waals surface area contributed by atoms with Gasteiger partial charge in [-0.2, -0.15) is 0 Å². The number of rotatable bonds is 5. The third-order valence-corrected chi connectivity index (χ3v) is 8.75. The SMILES string of the molecule is CC[C@@H]1CCc2c(sc(NC(=O)[C@H]3[C@@H](C(=O)O)[C@H]4CC[C@H]3C4=C(C)C)c2C(=O)OC)C1. The van der Waals surface area contributed by atoms with E-state index in [4.69, 9.17) is 4.74 Å². The van der Waals surface area contributed by atoms with Crippen LogP contribution in [-0.2, 0) is 27.2 Å². The minimum Gasteiger partial charge on any atom is -0.481 e. The maximum Gasteiger partial charge on any atom is 0.341 e. The monoisotopic (exact) mass is 445 g/mol. The largest absolute Gasteiger partial charge is 0.481 e. The number of aliphatic carboxylic acids is 1. The summed E-state index contributed by atoms with van der Waals surface area (Å²) in [5, 5.41) is 13.4.